The highest BCUT2D eigenvalue weighted by Gasteiger charge is 2.28. The van der Waals surface area contributed by atoms with Crippen molar-refractivity contribution in [1.29, 1.82) is 0 Å². The zero-order chi connectivity index (χ0) is 20.9. The molecule has 0 aliphatic carbocycles. The zero-order valence-corrected chi connectivity index (χ0v) is 16.6. The topological polar surface area (TPSA) is 73.9 Å². The van der Waals surface area contributed by atoms with Crippen LogP contribution in [-0.4, -0.2) is 56.0 Å². The third-order valence-electron chi connectivity index (χ3n) is 5.56. The lowest BCUT2D eigenvalue weighted by atomic mass is 9.93. The molecular weight excluding hydrogens is 387 g/mol. The zero-order valence-electron chi connectivity index (χ0n) is 16.6. The minimum Gasteiger partial charge on any atom is -0.379 e. The number of anilines is 1. The van der Waals surface area contributed by atoms with Crippen molar-refractivity contribution in [2.24, 2.45) is 0 Å². The first kappa shape index (κ1) is 20.2. The first-order valence-electron chi connectivity index (χ1n) is 10.2. The smallest absolute Gasteiger partial charge is 0.260 e. The van der Waals surface area contributed by atoms with Gasteiger partial charge in [0.15, 0.2) is 5.75 Å². The number of piperazine rings is 1. The number of fused-ring (bicyclic) bond motifs is 1. The van der Waals surface area contributed by atoms with Crippen LogP contribution in [0.15, 0.2) is 48.5 Å². The van der Waals surface area contributed by atoms with E-state index in [0.717, 1.165) is 37.4 Å². The molecule has 2 amide bonds. The molecule has 2 aliphatic heterocycles. The van der Waals surface area contributed by atoms with Gasteiger partial charge in [-0.25, -0.2) is 4.39 Å². The van der Waals surface area contributed by atoms with Gasteiger partial charge >= 0.3 is 0 Å². The maximum absolute atomic E-state index is 13.1. The van der Waals surface area contributed by atoms with E-state index in [1.165, 1.54) is 12.1 Å². The van der Waals surface area contributed by atoms with Crippen molar-refractivity contribution in [3.05, 3.63) is 59.9 Å². The van der Waals surface area contributed by atoms with Crippen LogP contribution in [0.4, 0.5) is 10.1 Å². The average molecular weight is 412 g/mol. The molecule has 1 atom stereocenters. The van der Waals surface area contributed by atoms with Crippen molar-refractivity contribution in [2.75, 3.05) is 44.2 Å². The molecule has 2 aromatic rings. The van der Waals surface area contributed by atoms with Gasteiger partial charge in [0.05, 0.1) is 12.5 Å². The third kappa shape index (κ3) is 4.71. The summed E-state index contributed by atoms with van der Waals surface area (Å²) in [6, 6.07) is 13.9. The standard InChI is InChI=1S/C22H25FN4O3/c23-16-5-7-17(8-6-16)27-13-11-26(12-14-27)15-21(28)24-10-9-19-18-3-1-2-4-20(18)30-25-22(19)29/h1-8,19H,9-15H2,(H,24,28)(H,25,29). The number of halogens is 1. The van der Waals surface area contributed by atoms with E-state index in [9.17, 15) is 14.0 Å². The molecule has 2 N–H and O–H groups in total. The fourth-order valence-corrected chi connectivity index (χ4v) is 3.90. The normalized spacial score (nSPS) is 18.9. The van der Waals surface area contributed by atoms with Crippen LogP contribution in [0, 0.1) is 5.82 Å². The fraction of sp³-hybridized carbons (Fsp3) is 0.364. The van der Waals surface area contributed by atoms with Crippen LogP contribution < -0.4 is 20.5 Å². The highest BCUT2D eigenvalue weighted by Crippen LogP contribution is 2.31. The molecule has 0 radical (unpaired) electrons. The first-order chi connectivity index (χ1) is 14.6. The molecule has 158 valence electrons. The quantitative estimate of drug-likeness (QED) is 0.755. The fourth-order valence-electron chi connectivity index (χ4n) is 3.90. The molecule has 1 saturated heterocycles. The van der Waals surface area contributed by atoms with Crippen LogP contribution in [0.25, 0.3) is 0 Å². The Morgan fingerprint density at radius 1 is 1.10 bits per heavy atom. The summed E-state index contributed by atoms with van der Waals surface area (Å²) in [5, 5.41) is 2.92. The molecule has 2 heterocycles. The Morgan fingerprint density at radius 2 is 1.83 bits per heavy atom. The second kappa shape index (κ2) is 9.13. The summed E-state index contributed by atoms with van der Waals surface area (Å²) in [7, 11) is 0. The number of rotatable bonds is 6. The maximum Gasteiger partial charge on any atom is 0.260 e. The number of nitrogens with zero attached hydrogens (tertiary/aromatic N) is 2. The molecule has 30 heavy (non-hydrogen) atoms. The summed E-state index contributed by atoms with van der Waals surface area (Å²) in [5.41, 5.74) is 4.26. The Labute approximate surface area is 174 Å². The number of carbonyl (C=O) groups excluding carboxylic acids is 2. The van der Waals surface area contributed by atoms with Crippen LogP contribution >= 0.6 is 0 Å². The molecular formula is C22H25FN4O3. The highest BCUT2D eigenvalue weighted by molar-refractivity contribution is 5.85. The number of amides is 2. The van der Waals surface area contributed by atoms with Gasteiger partial charge in [-0.15, -0.1) is 0 Å². The second-order valence-corrected chi connectivity index (χ2v) is 7.54. The molecule has 0 bridgehead atoms. The van der Waals surface area contributed by atoms with E-state index in [0.29, 0.717) is 25.3 Å². The summed E-state index contributed by atoms with van der Waals surface area (Å²) >= 11 is 0. The minimum absolute atomic E-state index is 0.0500. The predicted octanol–water partition coefficient (Wildman–Crippen LogP) is 1.66. The maximum atomic E-state index is 13.1. The number of nitrogens with one attached hydrogen (secondary N) is 2. The Kier molecular flexibility index (Phi) is 6.13. The molecule has 0 spiro atoms. The van der Waals surface area contributed by atoms with E-state index in [-0.39, 0.29) is 23.5 Å². The molecule has 2 aromatic carbocycles. The summed E-state index contributed by atoms with van der Waals surface area (Å²) in [4.78, 5) is 34.0. The van der Waals surface area contributed by atoms with Crippen LogP contribution in [0.5, 0.6) is 5.75 Å². The molecule has 4 rings (SSSR count). The van der Waals surface area contributed by atoms with Gasteiger partial charge in [-0.1, -0.05) is 18.2 Å². The van der Waals surface area contributed by atoms with Crippen LogP contribution in [0.3, 0.4) is 0 Å². The van der Waals surface area contributed by atoms with Gasteiger partial charge in [-0.3, -0.25) is 14.5 Å². The Hall–Kier alpha value is -3.13. The van der Waals surface area contributed by atoms with Crippen molar-refractivity contribution in [1.82, 2.24) is 15.7 Å². The van der Waals surface area contributed by atoms with Gasteiger partial charge in [0.1, 0.15) is 5.82 Å². The van der Waals surface area contributed by atoms with E-state index in [2.05, 4.69) is 20.6 Å². The average Bonchev–Trinajstić information content (AvgIpc) is 2.76. The molecule has 1 fully saturated rings. The number of hydrogen-bond acceptors (Lipinski definition) is 5. The van der Waals surface area contributed by atoms with Crippen LogP contribution in [0.1, 0.15) is 17.9 Å². The molecule has 2 aliphatic rings. The Bertz CT molecular complexity index is 898. The predicted molar refractivity (Wildman–Crippen MR) is 111 cm³/mol. The molecule has 1 unspecified atom stereocenters. The van der Waals surface area contributed by atoms with Crippen molar-refractivity contribution < 1.29 is 18.8 Å². The Morgan fingerprint density at radius 3 is 2.60 bits per heavy atom. The molecule has 8 heteroatoms. The lowest BCUT2D eigenvalue weighted by molar-refractivity contribution is -0.131. The van der Waals surface area contributed by atoms with E-state index >= 15 is 0 Å². The van der Waals surface area contributed by atoms with Crippen molar-refractivity contribution >= 4 is 17.5 Å². The lowest BCUT2D eigenvalue weighted by Crippen LogP contribution is -2.49. The Balaban J connectivity index is 1.21. The van der Waals surface area contributed by atoms with Crippen molar-refractivity contribution in [2.45, 2.75) is 12.3 Å². The van der Waals surface area contributed by atoms with Gasteiger partial charge in [0.25, 0.3) is 5.91 Å². The van der Waals surface area contributed by atoms with Gasteiger partial charge in [-0.2, -0.15) is 5.48 Å². The van der Waals surface area contributed by atoms with Gasteiger partial charge in [0, 0.05) is 44.0 Å². The van der Waals surface area contributed by atoms with Crippen LogP contribution in [0.2, 0.25) is 0 Å². The highest BCUT2D eigenvalue weighted by atomic mass is 19.1. The molecule has 0 saturated carbocycles. The second-order valence-electron chi connectivity index (χ2n) is 7.54. The number of carbonyl (C=O) groups is 2. The van der Waals surface area contributed by atoms with E-state index in [4.69, 9.17) is 4.84 Å². The van der Waals surface area contributed by atoms with E-state index < -0.39 is 0 Å². The summed E-state index contributed by atoms with van der Waals surface area (Å²) in [6.07, 6.45) is 0.510. The summed E-state index contributed by atoms with van der Waals surface area (Å²) in [6.45, 7) is 3.85. The van der Waals surface area contributed by atoms with E-state index in [1.807, 2.05) is 24.3 Å². The van der Waals surface area contributed by atoms with Crippen molar-refractivity contribution in [3.63, 3.8) is 0 Å². The lowest BCUT2D eigenvalue weighted by Gasteiger charge is -2.35. The number of hydrogen-bond donors (Lipinski definition) is 2. The SMILES string of the molecule is O=C(CN1CCN(c2ccc(F)cc2)CC1)NCCC1C(=O)NOc2ccccc21. The van der Waals surface area contributed by atoms with Gasteiger partial charge in [-0.05, 0) is 36.8 Å². The monoisotopic (exact) mass is 412 g/mol. The van der Waals surface area contributed by atoms with E-state index in [1.54, 1.807) is 12.1 Å². The van der Waals surface area contributed by atoms with Gasteiger partial charge < -0.3 is 15.1 Å². The van der Waals surface area contributed by atoms with Gasteiger partial charge in [0.2, 0.25) is 5.91 Å². The largest absolute Gasteiger partial charge is 0.379 e. The number of para-hydroxylation sites is 1. The van der Waals surface area contributed by atoms with Crippen molar-refractivity contribution in [3.8, 4) is 5.75 Å². The van der Waals surface area contributed by atoms with Crippen LogP contribution in [-0.2, 0) is 9.59 Å². The molecule has 0 aromatic heterocycles. The first-order valence-corrected chi connectivity index (χ1v) is 10.2. The third-order valence-corrected chi connectivity index (χ3v) is 5.56. The molecule has 7 nitrogen and oxygen atoms in total. The summed E-state index contributed by atoms with van der Waals surface area (Å²) in [5.74, 6) is -0.177. The number of hydroxylamine groups is 1. The number of benzene rings is 2. The summed E-state index contributed by atoms with van der Waals surface area (Å²) < 4.78 is 13.1. The minimum atomic E-state index is -0.338.